The second kappa shape index (κ2) is 8.09. The van der Waals surface area contributed by atoms with Crippen LogP contribution in [0.15, 0.2) is 24.5 Å². The lowest BCUT2D eigenvalue weighted by Crippen LogP contribution is -2.34. The number of carbonyl (C=O) groups is 2. The van der Waals surface area contributed by atoms with E-state index in [9.17, 15) is 9.59 Å². The number of aliphatic carboxylic acids is 1. The zero-order valence-electron chi connectivity index (χ0n) is 11.8. The molecule has 1 rings (SSSR count). The third kappa shape index (κ3) is 4.84. The Hall–Kier alpha value is -2.17. The number of carboxylic acid groups (broad SMARTS) is 1. The number of aromatic nitrogens is 1. The molecule has 1 heterocycles. The Kier molecular flexibility index (Phi) is 6.43. The maximum absolute atomic E-state index is 12.2. The third-order valence-corrected chi connectivity index (χ3v) is 2.97. The first-order valence-corrected chi connectivity index (χ1v) is 6.74. The van der Waals surface area contributed by atoms with Gasteiger partial charge >= 0.3 is 5.97 Å². The minimum Gasteiger partial charge on any atom is -0.478 e. The minimum atomic E-state index is -1.06. The summed E-state index contributed by atoms with van der Waals surface area (Å²) in [6.45, 7) is 4.10. The number of carbonyl (C=O) groups excluding carboxylic acids is 1. The van der Waals surface area contributed by atoms with Crippen LogP contribution in [-0.2, 0) is 4.79 Å². The van der Waals surface area contributed by atoms with Crippen molar-refractivity contribution in [2.75, 3.05) is 0 Å². The molecule has 20 heavy (non-hydrogen) atoms. The number of hydrogen-bond donors (Lipinski definition) is 2. The van der Waals surface area contributed by atoms with Gasteiger partial charge in [0.25, 0.3) is 5.91 Å². The van der Waals surface area contributed by atoms with Crippen molar-refractivity contribution in [3.63, 3.8) is 0 Å². The van der Waals surface area contributed by atoms with Gasteiger partial charge in [-0.05, 0) is 25.0 Å². The molecule has 1 aromatic heterocycles. The molecule has 0 radical (unpaired) electrons. The molecule has 0 aliphatic rings. The molecule has 0 spiro atoms. The molecule has 0 aliphatic carbocycles. The predicted molar refractivity (Wildman–Crippen MR) is 77.4 cm³/mol. The molecule has 1 amide bonds. The zero-order chi connectivity index (χ0) is 15.0. The number of amides is 1. The van der Waals surface area contributed by atoms with Gasteiger partial charge in [0.05, 0.1) is 0 Å². The normalized spacial score (nSPS) is 12.3. The van der Waals surface area contributed by atoms with Crippen LogP contribution in [0.25, 0.3) is 6.08 Å². The van der Waals surface area contributed by atoms with Crippen molar-refractivity contribution in [3.05, 3.63) is 35.7 Å². The van der Waals surface area contributed by atoms with Crippen LogP contribution in [-0.4, -0.2) is 28.0 Å². The second-order valence-electron chi connectivity index (χ2n) is 4.50. The molecule has 1 unspecified atom stereocenters. The van der Waals surface area contributed by atoms with Gasteiger partial charge in [-0.15, -0.1) is 0 Å². The lowest BCUT2D eigenvalue weighted by Gasteiger charge is -2.16. The summed E-state index contributed by atoms with van der Waals surface area (Å²) in [6, 6.07) is 1.73. The fourth-order valence-electron chi connectivity index (χ4n) is 1.90. The van der Waals surface area contributed by atoms with Gasteiger partial charge < -0.3 is 10.4 Å². The van der Waals surface area contributed by atoms with Gasteiger partial charge in [0, 0.05) is 35.6 Å². The van der Waals surface area contributed by atoms with Crippen molar-refractivity contribution in [2.45, 2.75) is 39.2 Å². The Morgan fingerprint density at radius 1 is 1.45 bits per heavy atom. The number of pyridine rings is 1. The molecule has 0 aliphatic heterocycles. The molecule has 1 atom stereocenters. The summed E-state index contributed by atoms with van der Waals surface area (Å²) in [5.41, 5.74) is 0.936. The molecule has 0 aromatic carbocycles. The first-order chi connectivity index (χ1) is 9.58. The SMILES string of the molecule is CCCC(CC)NC(=O)c1ccncc1C=CC(=O)O. The van der Waals surface area contributed by atoms with E-state index in [0.717, 1.165) is 25.3 Å². The lowest BCUT2D eigenvalue weighted by molar-refractivity contribution is -0.131. The highest BCUT2D eigenvalue weighted by atomic mass is 16.4. The first-order valence-electron chi connectivity index (χ1n) is 6.74. The Bertz CT molecular complexity index is 498. The quantitative estimate of drug-likeness (QED) is 0.750. The first kappa shape index (κ1) is 15.9. The van der Waals surface area contributed by atoms with Gasteiger partial charge in [-0.25, -0.2) is 4.79 Å². The Balaban J connectivity index is 2.89. The Labute approximate surface area is 118 Å². The van der Waals surface area contributed by atoms with Gasteiger partial charge in [0.1, 0.15) is 0 Å². The van der Waals surface area contributed by atoms with Crippen LogP contribution >= 0.6 is 0 Å². The largest absolute Gasteiger partial charge is 0.478 e. The lowest BCUT2D eigenvalue weighted by atomic mass is 10.1. The molecular formula is C15H20N2O3. The van der Waals surface area contributed by atoms with Crippen molar-refractivity contribution < 1.29 is 14.7 Å². The smallest absolute Gasteiger partial charge is 0.328 e. The maximum atomic E-state index is 12.2. The van der Waals surface area contributed by atoms with Crippen LogP contribution in [0.5, 0.6) is 0 Å². The van der Waals surface area contributed by atoms with Crippen LogP contribution in [0.3, 0.4) is 0 Å². The Morgan fingerprint density at radius 3 is 2.80 bits per heavy atom. The van der Waals surface area contributed by atoms with Gasteiger partial charge in [0.2, 0.25) is 0 Å². The summed E-state index contributed by atoms with van der Waals surface area (Å²) in [5, 5.41) is 11.6. The summed E-state index contributed by atoms with van der Waals surface area (Å²) in [5.74, 6) is -1.25. The molecule has 0 saturated heterocycles. The van der Waals surface area contributed by atoms with E-state index in [1.807, 2.05) is 6.92 Å². The molecule has 108 valence electrons. The maximum Gasteiger partial charge on any atom is 0.328 e. The van der Waals surface area contributed by atoms with Crippen LogP contribution < -0.4 is 5.32 Å². The van der Waals surface area contributed by atoms with E-state index in [-0.39, 0.29) is 11.9 Å². The van der Waals surface area contributed by atoms with E-state index in [1.165, 1.54) is 18.5 Å². The fraction of sp³-hybridized carbons (Fsp3) is 0.400. The van der Waals surface area contributed by atoms with Crippen LogP contribution in [0.2, 0.25) is 0 Å². The van der Waals surface area contributed by atoms with E-state index < -0.39 is 5.97 Å². The average molecular weight is 276 g/mol. The summed E-state index contributed by atoms with van der Waals surface area (Å²) in [6.07, 6.45) is 8.17. The standard InChI is InChI=1S/C15H20N2O3/c1-3-5-12(4-2)17-15(20)13-8-9-16-10-11(13)6-7-14(18)19/h6-10,12H,3-5H2,1-2H3,(H,17,20)(H,18,19). The highest BCUT2D eigenvalue weighted by molar-refractivity contribution is 5.98. The number of rotatable bonds is 7. The predicted octanol–water partition coefficient (Wildman–Crippen LogP) is 2.49. The summed E-state index contributed by atoms with van der Waals surface area (Å²) in [4.78, 5) is 26.7. The topological polar surface area (TPSA) is 79.3 Å². The summed E-state index contributed by atoms with van der Waals surface area (Å²) in [7, 11) is 0. The van der Waals surface area contributed by atoms with Gasteiger partial charge in [-0.2, -0.15) is 0 Å². The van der Waals surface area contributed by atoms with E-state index in [4.69, 9.17) is 5.11 Å². The monoisotopic (exact) mass is 276 g/mol. The fourth-order valence-corrected chi connectivity index (χ4v) is 1.90. The van der Waals surface area contributed by atoms with Gasteiger partial charge in [-0.1, -0.05) is 20.3 Å². The molecule has 1 aromatic rings. The second-order valence-corrected chi connectivity index (χ2v) is 4.50. The number of hydrogen-bond acceptors (Lipinski definition) is 3. The average Bonchev–Trinajstić information content (AvgIpc) is 2.44. The van der Waals surface area contributed by atoms with Crippen molar-refractivity contribution in [3.8, 4) is 0 Å². The van der Waals surface area contributed by atoms with E-state index in [0.29, 0.717) is 11.1 Å². The van der Waals surface area contributed by atoms with E-state index in [1.54, 1.807) is 6.07 Å². The summed E-state index contributed by atoms with van der Waals surface area (Å²) >= 11 is 0. The molecule has 0 fully saturated rings. The van der Waals surface area contributed by atoms with Crippen molar-refractivity contribution in [1.82, 2.24) is 10.3 Å². The van der Waals surface area contributed by atoms with Crippen LogP contribution in [0, 0.1) is 0 Å². The molecule has 2 N–H and O–H groups in total. The summed E-state index contributed by atoms with van der Waals surface area (Å²) < 4.78 is 0. The van der Waals surface area contributed by atoms with Crippen LogP contribution in [0.1, 0.15) is 49.0 Å². The molecule has 5 heteroatoms. The third-order valence-electron chi connectivity index (χ3n) is 2.97. The van der Waals surface area contributed by atoms with E-state index in [2.05, 4.69) is 17.2 Å². The molecular weight excluding hydrogens is 256 g/mol. The zero-order valence-corrected chi connectivity index (χ0v) is 11.8. The van der Waals surface area contributed by atoms with Gasteiger partial charge in [0.15, 0.2) is 0 Å². The molecule has 5 nitrogen and oxygen atoms in total. The van der Waals surface area contributed by atoms with Crippen molar-refractivity contribution >= 4 is 18.0 Å². The van der Waals surface area contributed by atoms with Gasteiger partial charge in [-0.3, -0.25) is 9.78 Å². The molecule has 0 saturated carbocycles. The van der Waals surface area contributed by atoms with Crippen LogP contribution in [0.4, 0.5) is 0 Å². The number of nitrogens with one attached hydrogen (secondary N) is 1. The number of nitrogens with zero attached hydrogens (tertiary/aromatic N) is 1. The van der Waals surface area contributed by atoms with Crippen molar-refractivity contribution in [1.29, 1.82) is 0 Å². The molecule has 0 bridgehead atoms. The number of carboxylic acids is 1. The van der Waals surface area contributed by atoms with E-state index >= 15 is 0 Å². The van der Waals surface area contributed by atoms with Crippen molar-refractivity contribution in [2.24, 2.45) is 0 Å². The Morgan fingerprint density at radius 2 is 2.20 bits per heavy atom. The highest BCUT2D eigenvalue weighted by Crippen LogP contribution is 2.11. The highest BCUT2D eigenvalue weighted by Gasteiger charge is 2.14. The minimum absolute atomic E-state index is 0.136.